The van der Waals surface area contributed by atoms with Crippen molar-refractivity contribution in [2.75, 3.05) is 13.1 Å². The molecule has 1 heterocycles. The zero-order chi connectivity index (χ0) is 16.6. The highest BCUT2D eigenvalue weighted by molar-refractivity contribution is 9.10. The summed E-state index contributed by atoms with van der Waals surface area (Å²) in [5.41, 5.74) is 2.21. The molecule has 0 bridgehead atoms. The van der Waals surface area contributed by atoms with Gasteiger partial charge in [-0.2, -0.15) is 0 Å². The fourth-order valence-corrected chi connectivity index (χ4v) is 5.12. The molecule has 1 aliphatic heterocycles. The average molecular weight is 397 g/mol. The minimum absolute atomic E-state index is 0.234. The lowest BCUT2D eigenvalue weighted by Crippen LogP contribution is -2.44. The second kappa shape index (κ2) is 6.70. The Labute approximate surface area is 153 Å². The summed E-state index contributed by atoms with van der Waals surface area (Å²) in [6.45, 7) is 9.28. The molecule has 1 spiro atoms. The minimum Gasteiger partial charge on any atom is -0.316 e. The van der Waals surface area contributed by atoms with Crippen LogP contribution in [-0.2, 0) is 6.42 Å². The first kappa shape index (κ1) is 17.8. The minimum atomic E-state index is 0.234. The van der Waals surface area contributed by atoms with E-state index in [4.69, 9.17) is 0 Å². The molecule has 128 valence electrons. The summed E-state index contributed by atoms with van der Waals surface area (Å²) in [6.07, 6.45) is 6.41. The Kier molecular flexibility index (Phi) is 5.18. The first-order valence-electron chi connectivity index (χ1n) is 8.70. The smallest absolute Gasteiger partial charge is 0.0329 e. The monoisotopic (exact) mass is 396 g/mol. The standard InChI is InChI=1S/C19H29BrN2S/c1-17(2,3)23-22-19(12-15-4-6-16(20)7-5-15)9-8-18(13-19)10-11-21-14-18/h4-7,21-22H,8-14H2,1-3H3. The van der Waals surface area contributed by atoms with Gasteiger partial charge in [-0.3, -0.25) is 4.72 Å². The van der Waals surface area contributed by atoms with Gasteiger partial charge >= 0.3 is 0 Å². The zero-order valence-corrected chi connectivity index (χ0v) is 16.9. The molecule has 2 N–H and O–H groups in total. The van der Waals surface area contributed by atoms with Gasteiger partial charge in [-0.05, 0) is 82.5 Å². The van der Waals surface area contributed by atoms with Gasteiger partial charge in [0.25, 0.3) is 0 Å². The lowest BCUT2D eigenvalue weighted by Gasteiger charge is -2.35. The van der Waals surface area contributed by atoms with Crippen molar-refractivity contribution in [3.63, 3.8) is 0 Å². The van der Waals surface area contributed by atoms with Crippen molar-refractivity contribution < 1.29 is 0 Å². The third-order valence-corrected chi connectivity index (χ3v) is 6.88. The maximum Gasteiger partial charge on any atom is 0.0329 e. The number of halogens is 1. The van der Waals surface area contributed by atoms with E-state index < -0.39 is 0 Å². The summed E-state index contributed by atoms with van der Waals surface area (Å²) >= 11 is 5.46. The third kappa shape index (κ3) is 4.53. The van der Waals surface area contributed by atoms with Crippen LogP contribution in [0.1, 0.15) is 52.0 Å². The molecule has 2 nitrogen and oxygen atoms in total. The summed E-state index contributed by atoms with van der Waals surface area (Å²) in [4.78, 5) is 0. The fraction of sp³-hybridized carbons (Fsp3) is 0.684. The van der Waals surface area contributed by atoms with Gasteiger partial charge in [0.2, 0.25) is 0 Å². The molecule has 1 saturated heterocycles. The quantitative estimate of drug-likeness (QED) is 0.705. The Morgan fingerprint density at radius 2 is 1.91 bits per heavy atom. The van der Waals surface area contributed by atoms with Crippen LogP contribution in [0.2, 0.25) is 0 Å². The van der Waals surface area contributed by atoms with Crippen molar-refractivity contribution in [2.24, 2.45) is 5.41 Å². The maximum absolute atomic E-state index is 3.93. The molecule has 2 fully saturated rings. The Balaban J connectivity index is 1.77. The number of benzene rings is 1. The third-order valence-electron chi connectivity index (χ3n) is 5.21. The highest BCUT2D eigenvalue weighted by Crippen LogP contribution is 2.50. The van der Waals surface area contributed by atoms with Crippen LogP contribution in [0.5, 0.6) is 0 Å². The van der Waals surface area contributed by atoms with Gasteiger partial charge in [0.15, 0.2) is 0 Å². The number of rotatable bonds is 4. The lowest BCUT2D eigenvalue weighted by atomic mass is 9.81. The highest BCUT2D eigenvalue weighted by Gasteiger charge is 2.49. The highest BCUT2D eigenvalue weighted by atomic mass is 79.9. The van der Waals surface area contributed by atoms with Crippen molar-refractivity contribution in [3.05, 3.63) is 34.3 Å². The van der Waals surface area contributed by atoms with E-state index in [0.29, 0.717) is 5.41 Å². The van der Waals surface area contributed by atoms with Crippen molar-refractivity contribution in [2.45, 2.75) is 63.2 Å². The Morgan fingerprint density at radius 1 is 1.17 bits per heavy atom. The predicted molar refractivity (Wildman–Crippen MR) is 105 cm³/mol. The Bertz CT molecular complexity index is 531. The Morgan fingerprint density at radius 3 is 2.52 bits per heavy atom. The van der Waals surface area contributed by atoms with Gasteiger partial charge in [0.05, 0.1) is 0 Å². The number of hydrogen-bond donors (Lipinski definition) is 2. The van der Waals surface area contributed by atoms with Gasteiger partial charge in [0, 0.05) is 21.3 Å². The fourth-order valence-electron chi connectivity index (χ4n) is 4.09. The largest absolute Gasteiger partial charge is 0.316 e. The molecule has 2 unspecified atom stereocenters. The van der Waals surface area contributed by atoms with E-state index in [-0.39, 0.29) is 10.3 Å². The zero-order valence-electron chi connectivity index (χ0n) is 14.5. The van der Waals surface area contributed by atoms with E-state index in [1.807, 2.05) is 11.9 Å². The molecule has 0 aromatic heterocycles. The van der Waals surface area contributed by atoms with E-state index in [2.05, 4.69) is 71.0 Å². The van der Waals surface area contributed by atoms with E-state index >= 15 is 0 Å². The number of nitrogens with one attached hydrogen (secondary N) is 2. The van der Waals surface area contributed by atoms with Gasteiger partial charge in [-0.25, -0.2) is 0 Å². The Hall–Kier alpha value is -0.0300. The van der Waals surface area contributed by atoms with Crippen LogP contribution in [0.4, 0.5) is 0 Å². The molecule has 1 aliphatic carbocycles. The van der Waals surface area contributed by atoms with Crippen LogP contribution < -0.4 is 10.0 Å². The molecule has 1 saturated carbocycles. The van der Waals surface area contributed by atoms with Crippen LogP contribution in [0, 0.1) is 5.41 Å². The summed E-state index contributed by atoms with van der Waals surface area (Å²) in [5, 5.41) is 3.60. The van der Waals surface area contributed by atoms with Crippen molar-refractivity contribution in [1.29, 1.82) is 0 Å². The molecule has 0 amide bonds. The molecule has 3 rings (SSSR count). The summed E-state index contributed by atoms with van der Waals surface area (Å²) < 4.78 is 5.34. The second-order valence-corrected chi connectivity index (χ2v) is 11.1. The van der Waals surface area contributed by atoms with E-state index in [0.717, 1.165) is 10.9 Å². The first-order valence-corrected chi connectivity index (χ1v) is 10.3. The average Bonchev–Trinajstić information content (AvgIpc) is 3.08. The molecule has 1 aromatic carbocycles. The molecule has 4 heteroatoms. The summed E-state index contributed by atoms with van der Waals surface area (Å²) in [5.74, 6) is 0. The van der Waals surface area contributed by atoms with Gasteiger partial charge in [-0.1, -0.05) is 40.0 Å². The van der Waals surface area contributed by atoms with Gasteiger partial charge < -0.3 is 5.32 Å². The van der Waals surface area contributed by atoms with Gasteiger partial charge in [-0.15, -0.1) is 0 Å². The molecule has 0 radical (unpaired) electrons. The van der Waals surface area contributed by atoms with Crippen LogP contribution in [0.25, 0.3) is 0 Å². The van der Waals surface area contributed by atoms with Crippen molar-refractivity contribution >= 4 is 27.9 Å². The van der Waals surface area contributed by atoms with Crippen molar-refractivity contribution in [1.82, 2.24) is 10.0 Å². The number of hydrogen-bond acceptors (Lipinski definition) is 3. The van der Waals surface area contributed by atoms with E-state index in [9.17, 15) is 0 Å². The molecular weight excluding hydrogens is 368 g/mol. The van der Waals surface area contributed by atoms with Crippen LogP contribution in [0.15, 0.2) is 28.7 Å². The normalized spacial score (nSPS) is 31.1. The van der Waals surface area contributed by atoms with Crippen LogP contribution in [-0.4, -0.2) is 23.4 Å². The van der Waals surface area contributed by atoms with Crippen LogP contribution >= 0.6 is 27.9 Å². The molecule has 1 aromatic rings. The van der Waals surface area contributed by atoms with Gasteiger partial charge in [0.1, 0.15) is 0 Å². The first-order chi connectivity index (χ1) is 10.8. The molecular formula is C19H29BrN2S. The molecule has 23 heavy (non-hydrogen) atoms. The summed E-state index contributed by atoms with van der Waals surface area (Å²) in [6, 6.07) is 8.88. The van der Waals surface area contributed by atoms with E-state index in [1.54, 1.807) is 0 Å². The second-order valence-electron chi connectivity index (χ2n) is 8.50. The molecule has 2 atom stereocenters. The molecule has 2 aliphatic rings. The maximum atomic E-state index is 3.93. The van der Waals surface area contributed by atoms with Crippen molar-refractivity contribution in [3.8, 4) is 0 Å². The topological polar surface area (TPSA) is 24.1 Å². The van der Waals surface area contributed by atoms with Crippen LogP contribution in [0.3, 0.4) is 0 Å². The van der Waals surface area contributed by atoms with E-state index in [1.165, 1.54) is 44.3 Å². The lowest BCUT2D eigenvalue weighted by molar-refractivity contribution is 0.292. The predicted octanol–water partition coefficient (Wildman–Crippen LogP) is 4.93. The SMILES string of the molecule is CC(C)(C)SNC1(Cc2ccc(Br)cc2)CCC2(CCNC2)C1. The summed E-state index contributed by atoms with van der Waals surface area (Å²) in [7, 11) is 0.